The van der Waals surface area contributed by atoms with Crippen LogP contribution < -0.4 is 10.6 Å². The number of carboxylic acids is 1. The van der Waals surface area contributed by atoms with E-state index in [2.05, 4.69) is 16.6 Å². The summed E-state index contributed by atoms with van der Waals surface area (Å²) in [4.78, 5) is 21.9. The summed E-state index contributed by atoms with van der Waals surface area (Å²) in [5, 5.41) is 15.0. The minimum absolute atomic E-state index is 0.0333. The monoisotopic (exact) mass is 408 g/mol. The number of ether oxygens (including phenoxy) is 1. The van der Waals surface area contributed by atoms with Crippen LogP contribution in [0.15, 0.2) is 0 Å². The molecule has 0 aromatic carbocycles. The molecule has 2 saturated carbocycles. The minimum atomic E-state index is -1.03. The largest absolute Gasteiger partial charge is 0.481 e. The predicted molar refractivity (Wildman–Crippen MR) is 116 cm³/mol. The molecule has 166 valence electrons. The van der Waals surface area contributed by atoms with Gasteiger partial charge in [0.25, 0.3) is 0 Å². The Hall–Kier alpha value is -1.74. The highest BCUT2D eigenvalue weighted by molar-refractivity contribution is 5.73. The van der Waals surface area contributed by atoms with Crippen LogP contribution in [0.4, 0.5) is 4.79 Å². The SMILES string of the molecule is C#CCC(CNC(=O)OC(C)(C)C)C(=O)O.C1CCC(NC2CCCCC2)CC1. The smallest absolute Gasteiger partial charge is 0.407 e. The number of aliphatic carboxylic acids is 1. The topological polar surface area (TPSA) is 87.7 Å². The van der Waals surface area contributed by atoms with Crippen LogP contribution in [0.3, 0.4) is 0 Å². The quantitative estimate of drug-likeness (QED) is 0.564. The number of terminal acetylenes is 1. The van der Waals surface area contributed by atoms with Crippen LogP contribution in [0, 0.1) is 18.3 Å². The first kappa shape index (κ1) is 25.3. The summed E-state index contributed by atoms with van der Waals surface area (Å²) in [5.41, 5.74) is -0.602. The van der Waals surface area contributed by atoms with Gasteiger partial charge in [0, 0.05) is 25.0 Å². The molecule has 0 aliphatic heterocycles. The normalized spacial score (nSPS) is 19.2. The lowest BCUT2D eigenvalue weighted by molar-refractivity contribution is -0.141. The molecule has 3 N–H and O–H groups in total. The van der Waals surface area contributed by atoms with E-state index in [4.69, 9.17) is 16.3 Å². The molecular weight excluding hydrogens is 368 g/mol. The number of hydrogen-bond acceptors (Lipinski definition) is 4. The molecule has 6 nitrogen and oxygen atoms in total. The summed E-state index contributed by atoms with van der Waals surface area (Å²) in [5.74, 6) is 0.435. The van der Waals surface area contributed by atoms with E-state index in [1.165, 1.54) is 64.2 Å². The number of hydrogen-bond donors (Lipinski definition) is 3. The van der Waals surface area contributed by atoms with Gasteiger partial charge in [-0.15, -0.1) is 12.3 Å². The van der Waals surface area contributed by atoms with E-state index in [0.717, 1.165) is 12.1 Å². The zero-order chi connectivity index (χ0) is 21.7. The molecular formula is C23H40N2O4. The van der Waals surface area contributed by atoms with Crippen LogP contribution in [-0.4, -0.2) is 41.4 Å². The van der Waals surface area contributed by atoms with Gasteiger partial charge in [-0.05, 0) is 46.5 Å². The fourth-order valence-electron chi connectivity index (χ4n) is 3.78. The lowest BCUT2D eigenvalue weighted by atomic mass is 9.91. The Morgan fingerprint density at radius 1 is 1.03 bits per heavy atom. The molecule has 2 aliphatic rings. The number of alkyl carbamates (subject to hydrolysis) is 1. The van der Waals surface area contributed by atoms with Gasteiger partial charge in [0.05, 0.1) is 5.92 Å². The van der Waals surface area contributed by atoms with Gasteiger partial charge in [0.2, 0.25) is 0 Å². The number of carbonyl (C=O) groups is 2. The van der Waals surface area contributed by atoms with Crippen molar-refractivity contribution in [2.75, 3.05) is 6.54 Å². The van der Waals surface area contributed by atoms with E-state index in [0.29, 0.717) is 0 Å². The maximum absolute atomic E-state index is 11.2. The second kappa shape index (κ2) is 13.5. The number of carboxylic acid groups (broad SMARTS) is 1. The lowest BCUT2D eigenvalue weighted by Gasteiger charge is -2.30. The third-order valence-corrected chi connectivity index (χ3v) is 5.29. The molecule has 2 aliphatic carbocycles. The Kier molecular flexibility index (Phi) is 11.8. The van der Waals surface area contributed by atoms with E-state index < -0.39 is 23.6 Å². The summed E-state index contributed by atoms with van der Waals surface area (Å²) in [7, 11) is 0. The van der Waals surface area contributed by atoms with E-state index in [9.17, 15) is 9.59 Å². The average molecular weight is 409 g/mol. The first-order valence-corrected chi connectivity index (χ1v) is 11.1. The van der Waals surface area contributed by atoms with Crippen molar-refractivity contribution in [1.82, 2.24) is 10.6 Å². The highest BCUT2D eigenvalue weighted by atomic mass is 16.6. The van der Waals surface area contributed by atoms with Crippen molar-refractivity contribution in [2.45, 2.75) is 109 Å². The maximum atomic E-state index is 11.2. The van der Waals surface area contributed by atoms with Crippen molar-refractivity contribution in [1.29, 1.82) is 0 Å². The zero-order valence-corrected chi connectivity index (χ0v) is 18.5. The van der Waals surface area contributed by atoms with Crippen LogP contribution >= 0.6 is 0 Å². The van der Waals surface area contributed by atoms with Gasteiger partial charge in [-0.1, -0.05) is 38.5 Å². The molecule has 0 spiro atoms. The molecule has 6 heteroatoms. The molecule has 29 heavy (non-hydrogen) atoms. The standard InChI is InChI=1S/C12H23N.C11H17NO4/c1-3-7-11(8-4-1)13-12-9-5-2-6-10-12;1-5-6-8(9(13)14)7-12-10(15)16-11(2,3)4/h11-13H,1-10H2;1,8H,6-7H2,2-4H3,(H,12,15)(H,13,14). The van der Waals surface area contributed by atoms with E-state index in [-0.39, 0.29) is 13.0 Å². The summed E-state index contributed by atoms with van der Waals surface area (Å²) in [6.45, 7) is 5.14. The van der Waals surface area contributed by atoms with Gasteiger partial charge in [-0.3, -0.25) is 4.79 Å². The number of amides is 1. The average Bonchev–Trinajstić information content (AvgIpc) is 2.66. The first-order chi connectivity index (χ1) is 13.7. The zero-order valence-electron chi connectivity index (χ0n) is 18.5. The van der Waals surface area contributed by atoms with E-state index >= 15 is 0 Å². The van der Waals surface area contributed by atoms with Gasteiger partial charge in [0.1, 0.15) is 5.60 Å². The second-order valence-corrected chi connectivity index (χ2v) is 9.16. The fraction of sp³-hybridized carbons (Fsp3) is 0.826. The van der Waals surface area contributed by atoms with Crippen molar-refractivity contribution >= 4 is 12.1 Å². The van der Waals surface area contributed by atoms with Crippen molar-refractivity contribution < 1.29 is 19.4 Å². The fourth-order valence-corrected chi connectivity index (χ4v) is 3.78. The Balaban J connectivity index is 0.000000294. The number of rotatable bonds is 6. The minimum Gasteiger partial charge on any atom is -0.481 e. The van der Waals surface area contributed by atoms with Gasteiger partial charge in [-0.2, -0.15) is 0 Å². The van der Waals surface area contributed by atoms with Crippen LogP contribution in [0.5, 0.6) is 0 Å². The van der Waals surface area contributed by atoms with Crippen LogP contribution in [0.1, 0.15) is 91.4 Å². The molecule has 0 bridgehead atoms. The van der Waals surface area contributed by atoms with Gasteiger partial charge < -0.3 is 20.5 Å². The number of carbonyl (C=O) groups excluding carboxylic acids is 1. The summed E-state index contributed by atoms with van der Waals surface area (Å²) in [6, 6.07) is 1.74. The first-order valence-electron chi connectivity index (χ1n) is 11.1. The molecule has 1 unspecified atom stereocenters. The molecule has 1 amide bonds. The van der Waals surface area contributed by atoms with Gasteiger partial charge in [-0.25, -0.2) is 4.79 Å². The molecule has 0 heterocycles. The van der Waals surface area contributed by atoms with Crippen LogP contribution in [-0.2, 0) is 9.53 Å². The Bertz CT molecular complexity index is 508. The molecule has 2 fully saturated rings. The van der Waals surface area contributed by atoms with E-state index in [1.807, 2.05) is 0 Å². The Morgan fingerprint density at radius 2 is 1.52 bits per heavy atom. The van der Waals surface area contributed by atoms with Crippen molar-refractivity contribution in [3.63, 3.8) is 0 Å². The van der Waals surface area contributed by atoms with Gasteiger partial charge >= 0.3 is 12.1 Å². The highest BCUT2D eigenvalue weighted by Crippen LogP contribution is 2.22. The second-order valence-electron chi connectivity index (χ2n) is 9.16. The molecule has 0 saturated heterocycles. The lowest BCUT2D eigenvalue weighted by Crippen LogP contribution is -2.40. The van der Waals surface area contributed by atoms with Crippen molar-refractivity contribution in [3.8, 4) is 12.3 Å². The van der Waals surface area contributed by atoms with Crippen molar-refractivity contribution in [3.05, 3.63) is 0 Å². The van der Waals surface area contributed by atoms with E-state index in [1.54, 1.807) is 20.8 Å². The molecule has 1 atom stereocenters. The highest BCUT2D eigenvalue weighted by Gasteiger charge is 2.21. The Labute approximate surface area is 176 Å². The maximum Gasteiger partial charge on any atom is 0.407 e. The summed E-state index contributed by atoms with van der Waals surface area (Å²) in [6.07, 6.45) is 19.0. The third-order valence-electron chi connectivity index (χ3n) is 5.29. The molecule has 0 radical (unpaired) electrons. The predicted octanol–water partition coefficient (Wildman–Crippen LogP) is 4.48. The molecule has 0 aromatic rings. The summed E-state index contributed by atoms with van der Waals surface area (Å²) >= 11 is 0. The van der Waals surface area contributed by atoms with Gasteiger partial charge in [0.15, 0.2) is 0 Å². The number of nitrogens with one attached hydrogen (secondary N) is 2. The third kappa shape index (κ3) is 12.4. The Morgan fingerprint density at radius 3 is 1.90 bits per heavy atom. The van der Waals surface area contributed by atoms with Crippen LogP contribution in [0.25, 0.3) is 0 Å². The molecule has 2 rings (SSSR count). The molecule has 0 aromatic heterocycles. The van der Waals surface area contributed by atoms with Crippen LogP contribution in [0.2, 0.25) is 0 Å². The van der Waals surface area contributed by atoms with Crippen molar-refractivity contribution in [2.24, 2.45) is 5.92 Å². The summed E-state index contributed by atoms with van der Waals surface area (Å²) < 4.78 is 4.95.